The van der Waals surface area contributed by atoms with E-state index in [1.807, 2.05) is 13.8 Å². The van der Waals surface area contributed by atoms with E-state index in [0.717, 1.165) is 12.2 Å². The molecule has 1 rings (SSSR count). The Morgan fingerprint density at radius 2 is 2.05 bits per heavy atom. The van der Waals surface area contributed by atoms with Gasteiger partial charge in [0.05, 0.1) is 0 Å². The number of carbonyl (C=O) groups is 1. The lowest BCUT2D eigenvalue weighted by molar-refractivity contribution is -0.140. The Hall–Kier alpha value is -1.26. The molecule has 5 heteroatoms. The van der Waals surface area contributed by atoms with Gasteiger partial charge in [0.2, 0.25) is 0 Å². The third kappa shape index (κ3) is 5.49. The topological polar surface area (TPSA) is 58.6 Å². The first-order valence-electron chi connectivity index (χ1n) is 6.39. The molecule has 0 amide bonds. The van der Waals surface area contributed by atoms with E-state index in [0.29, 0.717) is 18.2 Å². The normalized spacial score (nSPS) is 13.8. The number of rotatable bonds is 8. The zero-order valence-corrected chi connectivity index (χ0v) is 12.0. The van der Waals surface area contributed by atoms with Crippen LogP contribution in [0.15, 0.2) is 24.3 Å². The molecule has 2 N–H and O–H groups in total. The third-order valence-corrected chi connectivity index (χ3v) is 3.28. The van der Waals surface area contributed by atoms with Crippen LogP contribution in [0.5, 0.6) is 5.75 Å². The molecular weight excluding hydrogens is 266 g/mol. The molecule has 0 saturated heterocycles. The smallest absolute Gasteiger partial charge is 0.320 e. The first-order valence-corrected chi connectivity index (χ1v) is 6.77. The van der Waals surface area contributed by atoms with Crippen molar-refractivity contribution in [2.24, 2.45) is 5.92 Å². The molecule has 106 valence electrons. The number of hydrogen-bond acceptors (Lipinski definition) is 3. The summed E-state index contributed by atoms with van der Waals surface area (Å²) in [5.74, 6) is -0.00418. The van der Waals surface area contributed by atoms with Gasteiger partial charge in [0.25, 0.3) is 0 Å². The van der Waals surface area contributed by atoms with Crippen LogP contribution in [0.4, 0.5) is 0 Å². The lowest BCUT2D eigenvalue weighted by Crippen LogP contribution is -2.43. The molecule has 0 saturated carbocycles. The van der Waals surface area contributed by atoms with Gasteiger partial charge in [0.1, 0.15) is 18.4 Å². The van der Waals surface area contributed by atoms with Crippen LogP contribution < -0.4 is 10.1 Å². The fourth-order valence-electron chi connectivity index (χ4n) is 1.68. The predicted molar refractivity (Wildman–Crippen MR) is 75.8 cm³/mol. The molecule has 0 aliphatic heterocycles. The van der Waals surface area contributed by atoms with Gasteiger partial charge in [-0.15, -0.1) is 0 Å². The van der Waals surface area contributed by atoms with Crippen LogP contribution >= 0.6 is 11.6 Å². The van der Waals surface area contributed by atoms with Gasteiger partial charge in [-0.2, -0.15) is 0 Å². The average molecular weight is 286 g/mol. The summed E-state index contributed by atoms with van der Waals surface area (Å²) in [5, 5.41) is 12.8. The Balaban J connectivity index is 2.32. The molecule has 19 heavy (non-hydrogen) atoms. The zero-order valence-electron chi connectivity index (χ0n) is 11.2. The second-order valence-corrected chi connectivity index (χ2v) is 4.89. The maximum absolute atomic E-state index is 11.1. The highest BCUT2D eigenvalue weighted by atomic mass is 35.5. The molecule has 0 bridgehead atoms. The maximum Gasteiger partial charge on any atom is 0.320 e. The maximum atomic E-state index is 11.1. The summed E-state index contributed by atoms with van der Waals surface area (Å²) in [6.07, 6.45) is 0.821. The summed E-state index contributed by atoms with van der Waals surface area (Å²) >= 11 is 5.77. The van der Waals surface area contributed by atoms with Crippen LogP contribution in [-0.2, 0) is 4.79 Å². The minimum absolute atomic E-state index is 0.0908. The monoisotopic (exact) mass is 285 g/mol. The van der Waals surface area contributed by atoms with Crippen LogP contribution in [-0.4, -0.2) is 30.3 Å². The predicted octanol–water partition coefficient (Wildman–Crippen LogP) is 2.81. The molecule has 4 nitrogen and oxygen atoms in total. The molecule has 0 aliphatic rings. The molecule has 1 aromatic rings. The average Bonchev–Trinajstić information content (AvgIpc) is 2.39. The molecule has 0 aliphatic carbocycles. The van der Waals surface area contributed by atoms with E-state index in [9.17, 15) is 4.79 Å². The van der Waals surface area contributed by atoms with Crippen molar-refractivity contribution < 1.29 is 14.6 Å². The number of halogens is 1. The summed E-state index contributed by atoms with van der Waals surface area (Å²) in [4.78, 5) is 11.1. The second kappa shape index (κ2) is 8.02. The van der Waals surface area contributed by atoms with Gasteiger partial charge < -0.3 is 15.2 Å². The van der Waals surface area contributed by atoms with Crippen molar-refractivity contribution in [3.05, 3.63) is 29.3 Å². The first kappa shape index (κ1) is 15.8. The summed E-state index contributed by atoms with van der Waals surface area (Å²) in [7, 11) is 0. The fourth-order valence-corrected chi connectivity index (χ4v) is 1.81. The zero-order chi connectivity index (χ0) is 14.3. The molecule has 0 radical (unpaired) electrons. The first-order chi connectivity index (χ1) is 9.04. The highest BCUT2D eigenvalue weighted by Crippen LogP contribution is 2.15. The third-order valence-electron chi connectivity index (χ3n) is 3.03. The Labute approximate surface area is 118 Å². The van der Waals surface area contributed by atoms with Gasteiger partial charge in [0, 0.05) is 11.6 Å². The fraction of sp³-hybridized carbons (Fsp3) is 0.500. The largest absolute Gasteiger partial charge is 0.492 e. The number of aliphatic carboxylic acids is 1. The molecule has 0 heterocycles. The molecule has 0 spiro atoms. The van der Waals surface area contributed by atoms with Gasteiger partial charge in [0.15, 0.2) is 0 Å². The van der Waals surface area contributed by atoms with Gasteiger partial charge in [-0.1, -0.05) is 31.9 Å². The Bertz CT molecular complexity index is 394. The van der Waals surface area contributed by atoms with E-state index in [1.165, 1.54) is 0 Å². The van der Waals surface area contributed by atoms with Crippen LogP contribution in [0.25, 0.3) is 0 Å². The van der Waals surface area contributed by atoms with Crippen molar-refractivity contribution in [1.29, 1.82) is 0 Å². The van der Waals surface area contributed by atoms with Crippen molar-refractivity contribution in [1.82, 2.24) is 5.32 Å². The Kier molecular flexibility index (Phi) is 6.67. The number of ether oxygens (including phenoxy) is 1. The van der Waals surface area contributed by atoms with Crippen molar-refractivity contribution in [3.63, 3.8) is 0 Å². The summed E-state index contributed by atoms with van der Waals surface area (Å²) in [5.41, 5.74) is 0. The van der Waals surface area contributed by atoms with Crippen molar-refractivity contribution in [2.75, 3.05) is 13.2 Å². The van der Waals surface area contributed by atoms with Gasteiger partial charge in [-0.05, 0) is 30.2 Å². The van der Waals surface area contributed by atoms with Crippen LogP contribution in [0.2, 0.25) is 5.02 Å². The highest BCUT2D eigenvalue weighted by molar-refractivity contribution is 6.30. The van der Waals surface area contributed by atoms with Crippen LogP contribution in [0, 0.1) is 5.92 Å². The molecule has 0 fully saturated rings. The summed E-state index contributed by atoms with van der Waals surface area (Å²) in [6.45, 7) is 4.81. The quantitative estimate of drug-likeness (QED) is 0.721. The molecule has 0 unspecified atom stereocenters. The number of nitrogens with one attached hydrogen (secondary N) is 1. The molecular formula is C14H20ClNO3. The van der Waals surface area contributed by atoms with Crippen LogP contribution in [0.3, 0.4) is 0 Å². The van der Waals surface area contributed by atoms with Crippen molar-refractivity contribution in [3.8, 4) is 5.75 Å². The summed E-state index contributed by atoms with van der Waals surface area (Å²) < 4.78 is 5.49. The molecule has 2 atom stereocenters. The van der Waals surface area contributed by atoms with E-state index in [4.69, 9.17) is 21.4 Å². The minimum Gasteiger partial charge on any atom is -0.492 e. The lowest BCUT2D eigenvalue weighted by Gasteiger charge is -2.20. The standard InChI is InChI=1S/C14H20ClNO3/c1-3-10(2)13(14(17)18)16-8-9-19-12-6-4-11(15)5-7-12/h4-7,10,13,16H,3,8-9H2,1-2H3,(H,17,18)/t10-,13-/m0/s1. The second-order valence-electron chi connectivity index (χ2n) is 4.46. The number of hydrogen-bond donors (Lipinski definition) is 2. The van der Waals surface area contributed by atoms with E-state index in [1.54, 1.807) is 24.3 Å². The van der Waals surface area contributed by atoms with E-state index < -0.39 is 12.0 Å². The van der Waals surface area contributed by atoms with E-state index >= 15 is 0 Å². The lowest BCUT2D eigenvalue weighted by atomic mass is 9.99. The Morgan fingerprint density at radius 1 is 1.42 bits per heavy atom. The molecule has 0 aromatic heterocycles. The van der Waals surface area contributed by atoms with Gasteiger partial charge in [-0.25, -0.2) is 0 Å². The SMILES string of the molecule is CC[C@H](C)[C@H](NCCOc1ccc(Cl)cc1)C(=O)O. The van der Waals surface area contributed by atoms with Crippen LogP contribution in [0.1, 0.15) is 20.3 Å². The highest BCUT2D eigenvalue weighted by Gasteiger charge is 2.22. The van der Waals surface area contributed by atoms with Crippen molar-refractivity contribution in [2.45, 2.75) is 26.3 Å². The number of benzene rings is 1. The number of carboxylic acids is 1. The van der Waals surface area contributed by atoms with Gasteiger partial charge in [-0.3, -0.25) is 4.79 Å². The minimum atomic E-state index is -0.819. The molecule has 1 aromatic carbocycles. The number of carboxylic acid groups (broad SMARTS) is 1. The van der Waals surface area contributed by atoms with E-state index in [-0.39, 0.29) is 5.92 Å². The Morgan fingerprint density at radius 3 is 2.58 bits per heavy atom. The van der Waals surface area contributed by atoms with E-state index in [2.05, 4.69) is 5.32 Å². The summed E-state index contributed by atoms with van der Waals surface area (Å²) in [6, 6.07) is 6.54. The van der Waals surface area contributed by atoms with Gasteiger partial charge >= 0.3 is 5.97 Å². The van der Waals surface area contributed by atoms with Crippen molar-refractivity contribution >= 4 is 17.6 Å².